The Labute approximate surface area is 135 Å². The maximum Gasteiger partial charge on any atom is 0.317 e. The van der Waals surface area contributed by atoms with E-state index in [0.29, 0.717) is 25.7 Å². The van der Waals surface area contributed by atoms with Crippen molar-refractivity contribution >= 4 is 23.3 Å². The molecule has 0 atom stereocenters. The predicted octanol–water partition coefficient (Wildman–Crippen LogP) is 1.99. The number of thiophene rings is 1. The van der Waals surface area contributed by atoms with Crippen molar-refractivity contribution < 1.29 is 9.59 Å². The Bertz CT molecular complexity index is 505. The van der Waals surface area contributed by atoms with Crippen molar-refractivity contribution in [1.29, 1.82) is 0 Å². The van der Waals surface area contributed by atoms with Crippen LogP contribution in [0.5, 0.6) is 0 Å². The van der Waals surface area contributed by atoms with E-state index in [1.807, 2.05) is 11.0 Å². The van der Waals surface area contributed by atoms with Crippen molar-refractivity contribution in [3.63, 3.8) is 0 Å². The van der Waals surface area contributed by atoms with E-state index in [-0.39, 0.29) is 17.9 Å². The first kappa shape index (κ1) is 15.3. The first-order valence-electron chi connectivity index (χ1n) is 8.08. The zero-order valence-electron chi connectivity index (χ0n) is 12.7. The van der Waals surface area contributed by atoms with E-state index in [0.717, 1.165) is 32.1 Å². The summed E-state index contributed by atoms with van der Waals surface area (Å²) in [7, 11) is 0. The summed E-state index contributed by atoms with van der Waals surface area (Å²) in [4.78, 5) is 27.2. The third-order valence-corrected chi connectivity index (χ3v) is 5.24. The standard InChI is InChI=1S/C16H23N3O2S/c20-15(17-8-5-14-2-1-11-22-14)12-6-9-19(10-7-12)16(21)18-13-3-4-13/h1-2,11-13H,3-10H2,(H,17,20)(H,18,21). The lowest BCUT2D eigenvalue weighted by molar-refractivity contribution is -0.126. The summed E-state index contributed by atoms with van der Waals surface area (Å²) in [6.07, 6.45) is 4.64. The Morgan fingerprint density at radius 1 is 1.23 bits per heavy atom. The highest BCUT2D eigenvalue weighted by Crippen LogP contribution is 2.21. The molecule has 6 heteroatoms. The van der Waals surface area contributed by atoms with Gasteiger partial charge >= 0.3 is 6.03 Å². The van der Waals surface area contributed by atoms with Gasteiger partial charge in [-0.3, -0.25) is 4.79 Å². The molecule has 1 saturated heterocycles. The molecule has 5 nitrogen and oxygen atoms in total. The SMILES string of the molecule is O=C(NCCc1cccs1)C1CCN(C(=O)NC2CC2)CC1. The molecule has 1 aromatic rings. The van der Waals surface area contributed by atoms with Gasteiger partial charge in [0.15, 0.2) is 0 Å². The molecule has 2 aliphatic rings. The molecule has 1 aliphatic carbocycles. The Balaban J connectivity index is 1.35. The normalized spacial score (nSPS) is 19.0. The molecular formula is C16H23N3O2S. The van der Waals surface area contributed by atoms with Gasteiger partial charge in [0.25, 0.3) is 0 Å². The fourth-order valence-electron chi connectivity index (χ4n) is 2.75. The van der Waals surface area contributed by atoms with Crippen LogP contribution >= 0.6 is 11.3 Å². The molecule has 2 heterocycles. The van der Waals surface area contributed by atoms with E-state index < -0.39 is 0 Å². The summed E-state index contributed by atoms with van der Waals surface area (Å²) in [5.41, 5.74) is 0. The predicted molar refractivity (Wildman–Crippen MR) is 86.9 cm³/mol. The number of nitrogens with zero attached hydrogens (tertiary/aromatic N) is 1. The van der Waals surface area contributed by atoms with Gasteiger partial charge in [-0.1, -0.05) is 6.07 Å². The number of carbonyl (C=O) groups excluding carboxylic acids is 2. The van der Waals surface area contributed by atoms with E-state index in [1.54, 1.807) is 11.3 Å². The quantitative estimate of drug-likeness (QED) is 0.871. The molecule has 120 valence electrons. The van der Waals surface area contributed by atoms with Crippen LogP contribution in [0.25, 0.3) is 0 Å². The molecule has 2 N–H and O–H groups in total. The summed E-state index contributed by atoms with van der Waals surface area (Å²) >= 11 is 1.72. The van der Waals surface area contributed by atoms with Crippen LogP contribution in [0.4, 0.5) is 4.79 Å². The largest absolute Gasteiger partial charge is 0.355 e. The molecule has 22 heavy (non-hydrogen) atoms. The second-order valence-electron chi connectivity index (χ2n) is 6.11. The molecule has 1 aromatic heterocycles. The van der Waals surface area contributed by atoms with Crippen LogP contribution in [0.3, 0.4) is 0 Å². The minimum Gasteiger partial charge on any atom is -0.355 e. The highest BCUT2D eigenvalue weighted by molar-refractivity contribution is 7.09. The Morgan fingerprint density at radius 3 is 2.64 bits per heavy atom. The Kier molecular flexibility index (Phi) is 4.97. The summed E-state index contributed by atoms with van der Waals surface area (Å²) in [6, 6.07) is 4.56. The summed E-state index contributed by atoms with van der Waals surface area (Å²) in [6.45, 7) is 2.06. The van der Waals surface area contributed by atoms with Gasteiger partial charge in [-0.2, -0.15) is 0 Å². The summed E-state index contributed by atoms with van der Waals surface area (Å²) < 4.78 is 0. The van der Waals surface area contributed by atoms with Crippen LogP contribution in [0.2, 0.25) is 0 Å². The molecular weight excluding hydrogens is 298 g/mol. The van der Waals surface area contributed by atoms with Gasteiger partial charge in [-0.25, -0.2) is 4.79 Å². The lowest BCUT2D eigenvalue weighted by Crippen LogP contribution is -2.47. The number of hydrogen-bond donors (Lipinski definition) is 2. The number of amides is 3. The number of rotatable bonds is 5. The van der Waals surface area contributed by atoms with Crippen molar-refractivity contribution in [1.82, 2.24) is 15.5 Å². The van der Waals surface area contributed by atoms with E-state index in [2.05, 4.69) is 22.1 Å². The second kappa shape index (κ2) is 7.13. The fraction of sp³-hybridized carbons (Fsp3) is 0.625. The minimum absolute atomic E-state index is 0.0408. The van der Waals surface area contributed by atoms with Gasteiger partial charge in [0.05, 0.1) is 0 Å². The zero-order valence-corrected chi connectivity index (χ0v) is 13.5. The molecule has 0 spiro atoms. The third-order valence-electron chi connectivity index (χ3n) is 4.31. The zero-order chi connectivity index (χ0) is 15.4. The number of carbonyl (C=O) groups is 2. The van der Waals surface area contributed by atoms with Crippen molar-refractivity contribution in [3.8, 4) is 0 Å². The first-order valence-corrected chi connectivity index (χ1v) is 8.96. The average molecular weight is 321 g/mol. The van der Waals surface area contributed by atoms with Crippen molar-refractivity contribution in [2.75, 3.05) is 19.6 Å². The molecule has 2 fully saturated rings. The minimum atomic E-state index is 0.0408. The van der Waals surface area contributed by atoms with Crippen molar-refractivity contribution in [3.05, 3.63) is 22.4 Å². The molecule has 1 aliphatic heterocycles. The van der Waals surface area contributed by atoms with Gasteiger partial charge in [-0.15, -0.1) is 11.3 Å². The van der Waals surface area contributed by atoms with Crippen molar-refractivity contribution in [2.45, 2.75) is 38.1 Å². The molecule has 0 bridgehead atoms. The molecule has 0 aromatic carbocycles. The smallest absolute Gasteiger partial charge is 0.317 e. The first-order chi connectivity index (χ1) is 10.7. The summed E-state index contributed by atoms with van der Waals surface area (Å²) in [5, 5.41) is 8.09. The fourth-order valence-corrected chi connectivity index (χ4v) is 3.46. The van der Waals surface area contributed by atoms with Crippen molar-refractivity contribution in [2.24, 2.45) is 5.92 Å². The van der Waals surface area contributed by atoms with Gasteiger partial charge in [-0.05, 0) is 43.6 Å². The van der Waals surface area contributed by atoms with Crippen LogP contribution in [-0.2, 0) is 11.2 Å². The lowest BCUT2D eigenvalue weighted by atomic mass is 9.96. The van der Waals surface area contributed by atoms with Crippen LogP contribution < -0.4 is 10.6 Å². The van der Waals surface area contributed by atoms with Gasteiger partial charge < -0.3 is 15.5 Å². The topological polar surface area (TPSA) is 61.4 Å². The molecule has 0 unspecified atom stereocenters. The lowest BCUT2D eigenvalue weighted by Gasteiger charge is -2.31. The third kappa shape index (κ3) is 4.22. The molecule has 1 saturated carbocycles. The van der Waals surface area contributed by atoms with Crippen LogP contribution in [0.1, 0.15) is 30.6 Å². The van der Waals surface area contributed by atoms with E-state index in [4.69, 9.17) is 0 Å². The maximum absolute atomic E-state index is 12.2. The average Bonchev–Trinajstić information content (AvgIpc) is 3.19. The van der Waals surface area contributed by atoms with E-state index >= 15 is 0 Å². The number of hydrogen-bond acceptors (Lipinski definition) is 3. The number of piperidine rings is 1. The van der Waals surface area contributed by atoms with Gasteiger partial charge in [0.1, 0.15) is 0 Å². The Morgan fingerprint density at radius 2 is 2.00 bits per heavy atom. The van der Waals surface area contributed by atoms with Crippen LogP contribution in [0, 0.1) is 5.92 Å². The monoisotopic (exact) mass is 321 g/mol. The highest BCUT2D eigenvalue weighted by Gasteiger charge is 2.30. The molecule has 3 rings (SSSR count). The summed E-state index contributed by atoms with van der Waals surface area (Å²) in [5.74, 6) is 0.187. The van der Waals surface area contributed by atoms with E-state index in [9.17, 15) is 9.59 Å². The number of nitrogens with one attached hydrogen (secondary N) is 2. The molecule has 0 radical (unpaired) electrons. The molecule has 3 amide bonds. The van der Waals surface area contributed by atoms with E-state index in [1.165, 1.54) is 4.88 Å². The van der Waals surface area contributed by atoms with Gasteiger partial charge in [0, 0.05) is 36.5 Å². The number of likely N-dealkylation sites (tertiary alicyclic amines) is 1. The van der Waals surface area contributed by atoms with Gasteiger partial charge in [0.2, 0.25) is 5.91 Å². The maximum atomic E-state index is 12.2. The highest BCUT2D eigenvalue weighted by atomic mass is 32.1. The second-order valence-corrected chi connectivity index (χ2v) is 7.14. The van der Waals surface area contributed by atoms with Crippen LogP contribution in [-0.4, -0.2) is 42.5 Å². The van der Waals surface area contributed by atoms with Crippen LogP contribution in [0.15, 0.2) is 17.5 Å². The number of urea groups is 1. The Hall–Kier alpha value is -1.56.